The fraction of sp³-hybridized carbons (Fsp3) is 0.889. The molecule has 0 N–H and O–H groups in total. The van der Waals surface area contributed by atoms with Crippen LogP contribution in [0, 0.1) is 6.61 Å². The van der Waals surface area contributed by atoms with Crippen molar-refractivity contribution in [3.8, 4) is 0 Å². The van der Waals surface area contributed by atoms with E-state index in [1.807, 2.05) is 13.5 Å². The van der Waals surface area contributed by atoms with Crippen molar-refractivity contribution in [1.82, 2.24) is 0 Å². The molecule has 0 fully saturated rings. The van der Waals surface area contributed by atoms with E-state index in [2.05, 4.69) is 13.8 Å². The molecule has 0 aliphatic rings. The summed E-state index contributed by atoms with van der Waals surface area (Å²) >= 11 is 0. The van der Waals surface area contributed by atoms with Crippen LogP contribution in [0.4, 0.5) is 0 Å². The summed E-state index contributed by atoms with van der Waals surface area (Å²) < 4.78 is 10.5. The van der Waals surface area contributed by atoms with E-state index < -0.39 is 0 Å². The van der Waals surface area contributed by atoms with E-state index in [-0.39, 0.29) is 6.29 Å². The minimum absolute atomic E-state index is 0.0819. The average Bonchev–Trinajstić information content (AvgIpc) is 2.01. The van der Waals surface area contributed by atoms with Gasteiger partial charge in [-0.25, -0.2) is 0 Å². The molecule has 0 saturated carbocycles. The second-order valence-corrected chi connectivity index (χ2v) is 2.53. The molecule has 1 atom stereocenters. The van der Waals surface area contributed by atoms with Crippen LogP contribution >= 0.6 is 0 Å². The lowest BCUT2D eigenvalue weighted by Crippen LogP contribution is -2.11. The van der Waals surface area contributed by atoms with Gasteiger partial charge < -0.3 is 9.47 Å². The van der Waals surface area contributed by atoms with Gasteiger partial charge in [-0.05, 0) is 19.8 Å². The summed E-state index contributed by atoms with van der Waals surface area (Å²) in [6.45, 7) is 8.73. The van der Waals surface area contributed by atoms with Crippen molar-refractivity contribution in [1.29, 1.82) is 0 Å². The van der Waals surface area contributed by atoms with Gasteiger partial charge in [0.25, 0.3) is 0 Å². The highest BCUT2D eigenvalue weighted by Gasteiger charge is 1.99. The Morgan fingerprint density at radius 1 is 1.27 bits per heavy atom. The molecule has 2 nitrogen and oxygen atoms in total. The van der Waals surface area contributed by atoms with Crippen LogP contribution in [0.5, 0.6) is 0 Å². The third kappa shape index (κ3) is 7.82. The first-order valence-corrected chi connectivity index (χ1v) is 4.40. The van der Waals surface area contributed by atoms with Crippen LogP contribution in [0.25, 0.3) is 0 Å². The van der Waals surface area contributed by atoms with Crippen molar-refractivity contribution >= 4 is 0 Å². The number of rotatable bonds is 7. The van der Waals surface area contributed by atoms with E-state index in [0.717, 1.165) is 25.9 Å². The van der Waals surface area contributed by atoms with Gasteiger partial charge in [0.15, 0.2) is 6.29 Å². The summed E-state index contributed by atoms with van der Waals surface area (Å²) in [4.78, 5) is 0. The van der Waals surface area contributed by atoms with E-state index in [4.69, 9.17) is 9.47 Å². The molecule has 11 heavy (non-hydrogen) atoms. The summed E-state index contributed by atoms with van der Waals surface area (Å²) in [6, 6.07) is 0. The first kappa shape index (κ1) is 10.9. The maximum absolute atomic E-state index is 5.28. The average molecular weight is 159 g/mol. The minimum atomic E-state index is -0.0819. The van der Waals surface area contributed by atoms with Crippen LogP contribution in [0.2, 0.25) is 0 Å². The van der Waals surface area contributed by atoms with E-state index in [0.29, 0.717) is 0 Å². The molecule has 2 heteroatoms. The topological polar surface area (TPSA) is 18.5 Å². The molecule has 0 bridgehead atoms. The van der Waals surface area contributed by atoms with Crippen molar-refractivity contribution in [2.45, 2.75) is 46.3 Å². The molecule has 0 aromatic carbocycles. The second kappa shape index (κ2) is 8.02. The highest BCUT2D eigenvalue weighted by molar-refractivity contribution is 4.48. The molecule has 0 aromatic rings. The van der Waals surface area contributed by atoms with E-state index in [1.165, 1.54) is 0 Å². The molecule has 0 aromatic heterocycles. The Kier molecular flexibility index (Phi) is 7.96. The van der Waals surface area contributed by atoms with Crippen molar-refractivity contribution in [2.75, 3.05) is 6.61 Å². The fourth-order valence-corrected chi connectivity index (χ4v) is 0.644. The van der Waals surface area contributed by atoms with Gasteiger partial charge in [0.05, 0.1) is 6.61 Å². The highest BCUT2D eigenvalue weighted by Crippen LogP contribution is 2.00. The van der Waals surface area contributed by atoms with Gasteiger partial charge in [-0.3, -0.25) is 0 Å². The zero-order valence-corrected chi connectivity index (χ0v) is 7.80. The van der Waals surface area contributed by atoms with Gasteiger partial charge in [-0.15, -0.1) is 0 Å². The summed E-state index contributed by atoms with van der Waals surface area (Å²) in [5, 5.41) is 0. The Bertz CT molecular complexity index is 74.0. The smallest absolute Gasteiger partial charge is 0.155 e. The van der Waals surface area contributed by atoms with Gasteiger partial charge in [0.2, 0.25) is 0 Å². The molecule has 0 aliphatic carbocycles. The predicted molar refractivity (Wildman–Crippen MR) is 46.0 cm³/mol. The lowest BCUT2D eigenvalue weighted by Gasteiger charge is -2.12. The molecular weight excluding hydrogens is 140 g/mol. The van der Waals surface area contributed by atoms with Crippen LogP contribution in [0.3, 0.4) is 0 Å². The SMILES string of the molecule is CCC[CH]OC(C)OCCC. The lowest BCUT2D eigenvalue weighted by atomic mass is 10.4. The van der Waals surface area contributed by atoms with Gasteiger partial charge in [-0.1, -0.05) is 20.3 Å². The number of unbranched alkanes of at least 4 members (excludes halogenated alkanes) is 1. The third-order valence-electron chi connectivity index (χ3n) is 1.25. The van der Waals surface area contributed by atoms with E-state index >= 15 is 0 Å². The highest BCUT2D eigenvalue weighted by atomic mass is 16.7. The Morgan fingerprint density at radius 3 is 2.55 bits per heavy atom. The molecule has 0 saturated heterocycles. The molecule has 0 aliphatic heterocycles. The zero-order chi connectivity index (χ0) is 8.53. The first-order chi connectivity index (χ1) is 5.31. The van der Waals surface area contributed by atoms with Crippen LogP contribution < -0.4 is 0 Å². The molecule has 0 rings (SSSR count). The standard InChI is InChI=1S/C9H19O2/c1-4-6-8-11-9(3)10-7-5-2/h8-9H,4-7H2,1-3H3. The largest absolute Gasteiger partial charge is 0.353 e. The normalized spacial score (nSPS) is 13.4. The quantitative estimate of drug-likeness (QED) is 0.420. The molecule has 1 unspecified atom stereocenters. The van der Waals surface area contributed by atoms with Crippen LogP contribution in [0.1, 0.15) is 40.0 Å². The number of ether oxygens (including phenoxy) is 2. The summed E-state index contributed by atoms with van der Waals surface area (Å²) in [5.74, 6) is 0. The van der Waals surface area contributed by atoms with Crippen molar-refractivity contribution < 1.29 is 9.47 Å². The van der Waals surface area contributed by atoms with E-state index in [1.54, 1.807) is 0 Å². The van der Waals surface area contributed by atoms with Gasteiger partial charge in [0, 0.05) is 6.61 Å². The maximum atomic E-state index is 5.28. The summed E-state index contributed by atoms with van der Waals surface area (Å²) in [7, 11) is 0. The minimum Gasteiger partial charge on any atom is -0.353 e. The van der Waals surface area contributed by atoms with Crippen LogP contribution in [-0.4, -0.2) is 12.9 Å². The lowest BCUT2D eigenvalue weighted by molar-refractivity contribution is -0.109. The Labute approximate surface area is 69.9 Å². The van der Waals surface area contributed by atoms with E-state index in [9.17, 15) is 0 Å². The molecule has 0 spiro atoms. The monoisotopic (exact) mass is 159 g/mol. The summed E-state index contributed by atoms with van der Waals surface area (Å²) in [5.41, 5.74) is 0. The Hall–Kier alpha value is -0.0800. The number of hydrogen-bond donors (Lipinski definition) is 0. The Morgan fingerprint density at radius 2 is 2.00 bits per heavy atom. The molecular formula is C9H19O2. The van der Waals surface area contributed by atoms with Gasteiger partial charge in [0.1, 0.15) is 0 Å². The Balaban J connectivity index is 3.02. The second-order valence-electron chi connectivity index (χ2n) is 2.53. The number of hydrogen-bond acceptors (Lipinski definition) is 2. The van der Waals surface area contributed by atoms with Gasteiger partial charge in [-0.2, -0.15) is 0 Å². The van der Waals surface area contributed by atoms with Crippen molar-refractivity contribution in [2.24, 2.45) is 0 Å². The van der Waals surface area contributed by atoms with Gasteiger partial charge >= 0.3 is 0 Å². The van der Waals surface area contributed by atoms with Crippen molar-refractivity contribution in [3.63, 3.8) is 0 Å². The van der Waals surface area contributed by atoms with Crippen LogP contribution in [-0.2, 0) is 9.47 Å². The molecule has 0 amide bonds. The molecule has 1 radical (unpaired) electrons. The molecule has 0 heterocycles. The first-order valence-electron chi connectivity index (χ1n) is 4.40. The summed E-state index contributed by atoms with van der Waals surface area (Å²) in [6.07, 6.45) is 3.09. The maximum Gasteiger partial charge on any atom is 0.155 e. The van der Waals surface area contributed by atoms with Crippen LogP contribution in [0.15, 0.2) is 0 Å². The fourth-order valence-electron chi connectivity index (χ4n) is 0.644. The zero-order valence-electron chi connectivity index (χ0n) is 7.80. The molecule has 67 valence electrons. The van der Waals surface area contributed by atoms with Crippen molar-refractivity contribution in [3.05, 3.63) is 6.61 Å². The predicted octanol–water partition coefficient (Wildman–Crippen LogP) is 2.74. The third-order valence-corrected chi connectivity index (χ3v) is 1.25.